The molecule has 0 aromatic carbocycles. The smallest absolute Gasteiger partial charge is 0.347 e. The zero-order valence-electron chi connectivity index (χ0n) is 10.8. The lowest BCUT2D eigenvalue weighted by molar-refractivity contribution is 0.0698. The van der Waals surface area contributed by atoms with Gasteiger partial charge in [-0.05, 0) is 17.9 Å². The average molecular weight is 315 g/mol. The monoisotopic (exact) mass is 315 g/mol. The largest absolute Gasteiger partial charge is 0.477 e. The molecule has 0 saturated heterocycles. The molecular weight excluding hydrogens is 302 g/mol. The van der Waals surface area contributed by atoms with Crippen LogP contribution in [0.4, 0.5) is 5.69 Å². The molecule has 9 heteroatoms. The Morgan fingerprint density at radius 3 is 2.85 bits per heavy atom. The molecule has 20 heavy (non-hydrogen) atoms. The van der Waals surface area contributed by atoms with Crippen molar-refractivity contribution in [3.63, 3.8) is 0 Å². The molecular formula is C11H13N3O4S2. The maximum atomic E-state index is 12.3. The van der Waals surface area contributed by atoms with E-state index in [-0.39, 0.29) is 9.77 Å². The summed E-state index contributed by atoms with van der Waals surface area (Å²) in [5.41, 5.74) is 0.959. The number of aromatic carboxylic acids is 1. The van der Waals surface area contributed by atoms with Crippen LogP contribution in [0.1, 0.15) is 22.3 Å². The van der Waals surface area contributed by atoms with Crippen molar-refractivity contribution in [2.45, 2.75) is 18.2 Å². The highest BCUT2D eigenvalue weighted by molar-refractivity contribution is 7.93. The molecule has 0 amide bonds. The van der Waals surface area contributed by atoms with Crippen molar-refractivity contribution in [1.29, 1.82) is 0 Å². The molecule has 2 aromatic rings. The Morgan fingerprint density at radius 1 is 1.55 bits per heavy atom. The van der Waals surface area contributed by atoms with Crippen LogP contribution in [0.15, 0.2) is 22.5 Å². The second-order valence-corrected chi connectivity index (χ2v) is 6.61. The summed E-state index contributed by atoms with van der Waals surface area (Å²) in [4.78, 5) is 10.6. The van der Waals surface area contributed by atoms with Crippen molar-refractivity contribution < 1.29 is 18.3 Å². The number of sulfonamides is 1. The maximum Gasteiger partial charge on any atom is 0.347 e. The highest BCUT2D eigenvalue weighted by Crippen LogP contribution is 2.25. The van der Waals surface area contributed by atoms with Gasteiger partial charge in [0.05, 0.1) is 11.4 Å². The summed E-state index contributed by atoms with van der Waals surface area (Å²) in [5, 5.41) is 14.6. The fourth-order valence-electron chi connectivity index (χ4n) is 1.75. The number of anilines is 1. The Hall–Kier alpha value is -1.87. The molecule has 0 aliphatic heterocycles. The molecule has 0 aliphatic carbocycles. The number of hydrogen-bond acceptors (Lipinski definition) is 5. The van der Waals surface area contributed by atoms with E-state index in [1.807, 2.05) is 6.92 Å². The number of aromatic nitrogens is 2. The van der Waals surface area contributed by atoms with E-state index in [4.69, 9.17) is 5.11 Å². The minimum Gasteiger partial charge on any atom is -0.477 e. The minimum absolute atomic E-state index is 0.209. The van der Waals surface area contributed by atoms with Gasteiger partial charge < -0.3 is 5.11 Å². The third-order valence-corrected chi connectivity index (χ3v) is 5.04. The molecule has 7 nitrogen and oxygen atoms in total. The lowest BCUT2D eigenvalue weighted by atomic mass is 10.3. The van der Waals surface area contributed by atoms with E-state index < -0.39 is 16.0 Å². The van der Waals surface area contributed by atoms with Crippen LogP contribution in [0.25, 0.3) is 0 Å². The maximum absolute atomic E-state index is 12.3. The molecule has 0 atom stereocenters. The Kier molecular flexibility index (Phi) is 3.82. The zero-order valence-corrected chi connectivity index (χ0v) is 12.5. The lowest BCUT2D eigenvalue weighted by Gasteiger charge is -2.06. The predicted octanol–water partition coefficient (Wildman–Crippen LogP) is 1.54. The van der Waals surface area contributed by atoms with Gasteiger partial charge in [0, 0.05) is 13.2 Å². The molecule has 0 aliphatic rings. The van der Waals surface area contributed by atoms with Gasteiger partial charge in [-0.1, -0.05) is 6.92 Å². The van der Waals surface area contributed by atoms with E-state index in [1.165, 1.54) is 16.1 Å². The van der Waals surface area contributed by atoms with E-state index in [2.05, 4.69) is 9.82 Å². The highest BCUT2D eigenvalue weighted by Gasteiger charge is 2.25. The first kappa shape index (κ1) is 14.5. The molecule has 0 unspecified atom stereocenters. The first-order chi connectivity index (χ1) is 9.35. The topological polar surface area (TPSA) is 101 Å². The van der Waals surface area contributed by atoms with E-state index >= 15 is 0 Å². The Bertz CT molecular complexity index is 746. The second kappa shape index (κ2) is 5.25. The molecule has 0 radical (unpaired) electrons. The third-order valence-electron chi connectivity index (χ3n) is 2.60. The number of thiophene rings is 1. The van der Waals surface area contributed by atoms with Gasteiger partial charge in [0.15, 0.2) is 0 Å². The van der Waals surface area contributed by atoms with Gasteiger partial charge >= 0.3 is 5.97 Å². The normalized spacial score (nSPS) is 11.5. The number of nitrogens with one attached hydrogen (secondary N) is 1. The van der Waals surface area contributed by atoms with Crippen LogP contribution in [0, 0.1) is 0 Å². The van der Waals surface area contributed by atoms with E-state index in [1.54, 1.807) is 13.2 Å². The van der Waals surface area contributed by atoms with E-state index in [0.717, 1.165) is 11.3 Å². The summed E-state index contributed by atoms with van der Waals surface area (Å²) in [5.74, 6) is -1.26. The van der Waals surface area contributed by atoms with Crippen molar-refractivity contribution in [3.8, 4) is 0 Å². The van der Waals surface area contributed by atoms with Gasteiger partial charge in [0.1, 0.15) is 9.77 Å². The number of carboxylic acid groups (broad SMARTS) is 1. The van der Waals surface area contributed by atoms with Gasteiger partial charge in [0.25, 0.3) is 10.0 Å². The first-order valence-corrected chi connectivity index (χ1v) is 8.07. The summed E-state index contributed by atoms with van der Waals surface area (Å²) in [6.07, 6.45) is 2.11. The van der Waals surface area contributed by atoms with Crippen LogP contribution in [0.2, 0.25) is 0 Å². The third kappa shape index (κ3) is 2.68. The summed E-state index contributed by atoms with van der Waals surface area (Å²) in [7, 11) is -2.25. The molecule has 2 heterocycles. The van der Waals surface area contributed by atoms with Crippen molar-refractivity contribution in [2.24, 2.45) is 7.05 Å². The van der Waals surface area contributed by atoms with Crippen molar-refractivity contribution in [2.75, 3.05) is 4.72 Å². The van der Waals surface area contributed by atoms with Gasteiger partial charge in [-0.2, -0.15) is 5.10 Å². The van der Waals surface area contributed by atoms with Crippen LogP contribution in [-0.4, -0.2) is 29.3 Å². The van der Waals surface area contributed by atoms with Crippen LogP contribution in [-0.2, 0) is 23.5 Å². The number of rotatable bonds is 5. The van der Waals surface area contributed by atoms with Gasteiger partial charge in [-0.25, -0.2) is 13.2 Å². The molecule has 0 fully saturated rings. The van der Waals surface area contributed by atoms with Crippen LogP contribution in [0.3, 0.4) is 0 Å². The summed E-state index contributed by atoms with van der Waals surface area (Å²) in [6.45, 7) is 1.85. The first-order valence-electron chi connectivity index (χ1n) is 5.71. The number of hydrogen-bond donors (Lipinski definition) is 2. The Balaban J connectivity index is 2.41. The van der Waals surface area contributed by atoms with Crippen LogP contribution < -0.4 is 4.72 Å². The van der Waals surface area contributed by atoms with Crippen LogP contribution >= 0.6 is 11.3 Å². The van der Waals surface area contributed by atoms with E-state index in [0.29, 0.717) is 17.8 Å². The average Bonchev–Trinajstić information content (AvgIpc) is 2.95. The van der Waals surface area contributed by atoms with E-state index in [9.17, 15) is 13.2 Å². The number of aryl methyl sites for hydroxylation is 2. The fraction of sp³-hybridized carbons (Fsp3) is 0.273. The van der Waals surface area contributed by atoms with Crippen molar-refractivity contribution in [3.05, 3.63) is 28.2 Å². The second-order valence-electron chi connectivity index (χ2n) is 4.04. The number of carboxylic acids is 1. The molecule has 2 rings (SSSR count). The quantitative estimate of drug-likeness (QED) is 0.871. The Morgan fingerprint density at radius 2 is 2.25 bits per heavy atom. The van der Waals surface area contributed by atoms with Gasteiger partial charge in [-0.15, -0.1) is 11.3 Å². The number of nitrogens with zero attached hydrogens (tertiary/aromatic N) is 2. The van der Waals surface area contributed by atoms with Gasteiger partial charge in [0.2, 0.25) is 0 Å². The molecule has 0 bridgehead atoms. The van der Waals surface area contributed by atoms with Crippen molar-refractivity contribution >= 4 is 33.0 Å². The fourth-order valence-corrected chi connectivity index (χ4v) is 4.08. The molecule has 2 N–H and O–H groups in total. The number of carbonyl (C=O) groups is 1. The predicted molar refractivity (Wildman–Crippen MR) is 74.7 cm³/mol. The molecule has 108 valence electrons. The molecule has 0 saturated carbocycles. The highest BCUT2D eigenvalue weighted by atomic mass is 32.2. The Labute approximate surface area is 119 Å². The zero-order chi connectivity index (χ0) is 14.9. The minimum atomic E-state index is -3.94. The molecule has 0 spiro atoms. The summed E-state index contributed by atoms with van der Waals surface area (Å²) >= 11 is 0.871. The summed E-state index contributed by atoms with van der Waals surface area (Å²) < 4.78 is 28.4. The summed E-state index contributed by atoms with van der Waals surface area (Å²) in [6, 6.07) is 1.28. The van der Waals surface area contributed by atoms with Crippen molar-refractivity contribution in [1.82, 2.24) is 9.78 Å². The lowest BCUT2D eigenvalue weighted by Crippen LogP contribution is -2.15. The van der Waals surface area contributed by atoms with Gasteiger partial charge in [-0.3, -0.25) is 9.40 Å². The molecule has 2 aromatic heterocycles. The SMILES string of the molecule is CCc1nn(C)cc1NS(=O)(=O)c1ccsc1C(=O)O. The van der Waals surface area contributed by atoms with Crippen LogP contribution in [0.5, 0.6) is 0 Å². The standard InChI is InChI=1S/C11H13N3O4S2/c1-3-7-8(6-14(2)12-7)13-20(17,18)9-4-5-19-10(9)11(15)16/h4-6,13H,3H2,1-2H3,(H,15,16).